The lowest BCUT2D eigenvalue weighted by atomic mass is 9.91. The second-order valence-corrected chi connectivity index (χ2v) is 7.46. The molecule has 0 radical (unpaired) electrons. The number of alkyl halides is 3. The Morgan fingerprint density at radius 1 is 1.10 bits per heavy atom. The molecule has 1 fully saturated rings. The van der Waals surface area contributed by atoms with Crippen LogP contribution in [0.15, 0.2) is 0 Å². The van der Waals surface area contributed by atoms with Crippen LogP contribution in [0.25, 0.3) is 0 Å². The molecule has 0 unspecified atom stereocenters. The van der Waals surface area contributed by atoms with Crippen LogP contribution in [-0.4, -0.2) is 23.0 Å². The Bertz CT molecular complexity index is 454. The third-order valence-corrected chi connectivity index (χ3v) is 4.55. The fourth-order valence-corrected chi connectivity index (χ4v) is 3.67. The molecule has 0 amide bonds. The first-order chi connectivity index (χ1) is 9.18. The van der Waals surface area contributed by atoms with Crippen molar-refractivity contribution in [3.63, 3.8) is 0 Å². The van der Waals surface area contributed by atoms with E-state index in [0.29, 0.717) is 12.2 Å². The summed E-state index contributed by atoms with van der Waals surface area (Å²) in [6, 6.07) is 0. The molecule has 0 aliphatic carbocycles. The Labute approximate surface area is 122 Å². The van der Waals surface area contributed by atoms with Gasteiger partial charge in [-0.15, -0.1) is 11.3 Å². The summed E-state index contributed by atoms with van der Waals surface area (Å²) in [5.74, 6) is 0. The maximum atomic E-state index is 12.9. The van der Waals surface area contributed by atoms with Crippen molar-refractivity contribution in [3.05, 3.63) is 15.6 Å². The fourth-order valence-electron chi connectivity index (χ4n) is 2.49. The molecule has 0 saturated carbocycles. The summed E-state index contributed by atoms with van der Waals surface area (Å²) in [7, 11) is 0. The maximum Gasteiger partial charge on any atom is 0.443 e. The van der Waals surface area contributed by atoms with E-state index in [2.05, 4.69) is 9.88 Å². The number of rotatable bonds is 2. The molecule has 0 N–H and O–H groups in total. The van der Waals surface area contributed by atoms with Gasteiger partial charge in [0.25, 0.3) is 0 Å². The number of likely N-dealkylation sites (tertiary alicyclic amines) is 1. The monoisotopic (exact) mass is 306 g/mol. The van der Waals surface area contributed by atoms with Crippen LogP contribution in [0.5, 0.6) is 0 Å². The molecule has 1 aromatic heterocycles. The summed E-state index contributed by atoms with van der Waals surface area (Å²) in [6.07, 6.45) is -0.852. The summed E-state index contributed by atoms with van der Waals surface area (Å²) in [5, 5.41) is -0.713. The average Bonchev–Trinajstić information content (AvgIpc) is 2.74. The van der Waals surface area contributed by atoms with Crippen molar-refractivity contribution in [2.75, 3.05) is 13.1 Å². The standard InChI is InChI=1S/C14H21F3N2S/c1-13(2,3)11-10(9-19-7-5-4-6-8-19)20-12(18-11)14(15,16)17/h4-9H2,1-3H3. The SMILES string of the molecule is CC(C)(C)c1nc(C(F)(F)F)sc1CN1CCCCC1. The molecule has 0 bridgehead atoms. The lowest BCUT2D eigenvalue weighted by Gasteiger charge is -2.27. The highest BCUT2D eigenvalue weighted by Crippen LogP contribution is 2.38. The van der Waals surface area contributed by atoms with Crippen molar-refractivity contribution < 1.29 is 13.2 Å². The molecule has 2 rings (SSSR count). The second-order valence-electron chi connectivity index (χ2n) is 6.38. The second kappa shape index (κ2) is 5.64. The molecule has 2 nitrogen and oxygen atoms in total. The van der Waals surface area contributed by atoms with Crippen LogP contribution >= 0.6 is 11.3 Å². The van der Waals surface area contributed by atoms with Crippen LogP contribution in [0.3, 0.4) is 0 Å². The first kappa shape index (κ1) is 15.8. The van der Waals surface area contributed by atoms with Gasteiger partial charge in [0.1, 0.15) is 0 Å². The fraction of sp³-hybridized carbons (Fsp3) is 0.786. The quantitative estimate of drug-likeness (QED) is 0.802. The van der Waals surface area contributed by atoms with Gasteiger partial charge >= 0.3 is 6.18 Å². The zero-order chi connectivity index (χ0) is 15.0. The molecular formula is C14H21F3N2S. The van der Waals surface area contributed by atoms with E-state index in [4.69, 9.17) is 0 Å². The molecule has 0 atom stereocenters. The molecular weight excluding hydrogens is 285 g/mol. The number of thiazole rings is 1. The Kier molecular flexibility index (Phi) is 4.44. The van der Waals surface area contributed by atoms with Crippen molar-refractivity contribution in [2.24, 2.45) is 0 Å². The van der Waals surface area contributed by atoms with Crippen molar-refractivity contribution in [1.29, 1.82) is 0 Å². The molecule has 6 heteroatoms. The number of hydrogen-bond donors (Lipinski definition) is 0. The van der Waals surface area contributed by atoms with E-state index in [0.717, 1.165) is 42.1 Å². The van der Waals surface area contributed by atoms with Gasteiger partial charge < -0.3 is 0 Å². The predicted octanol–water partition coefficient (Wildman–Crippen LogP) is 4.45. The predicted molar refractivity (Wildman–Crippen MR) is 74.9 cm³/mol. The van der Waals surface area contributed by atoms with Crippen molar-refractivity contribution in [2.45, 2.75) is 58.2 Å². The van der Waals surface area contributed by atoms with Gasteiger partial charge in [0.2, 0.25) is 0 Å². The van der Waals surface area contributed by atoms with Gasteiger partial charge in [0.05, 0.1) is 5.69 Å². The summed E-state index contributed by atoms with van der Waals surface area (Å²) in [4.78, 5) is 6.90. The molecule has 20 heavy (non-hydrogen) atoms. The first-order valence-electron chi connectivity index (χ1n) is 6.97. The van der Waals surface area contributed by atoms with E-state index in [9.17, 15) is 13.2 Å². The van der Waals surface area contributed by atoms with Gasteiger partial charge in [0, 0.05) is 16.8 Å². The zero-order valence-electron chi connectivity index (χ0n) is 12.2. The molecule has 1 saturated heterocycles. The van der Waals surface area contributed by atoms with Crippen molar-refractivity contribution in [3.8, 4) is 0 Å². The topological polar surface area (TPSA) is 16.1 Å². The number of aromatic nitrogens is 1. The number of piperidine rings is 1. The molecule has 1 aromatic rings. The highest BCUT2D eigenvalue weighted by Gasteiger charge is 2.38. The Morgan fingerprint density at radius 2 is 1.70 bits per heavy atom. The number of nitrogens with zero attached hydrogens (tertiary/aromatic N) is 2. The molecule has 0 spiro atoms. The van der Waals surface area contributed by atoms with Gasteiger partial charge in [0.15, 0.2) is 5.01 Å². The van der Waals surface area contributed by atoms with Gasteiger partial charge in [-0.25, -0.2) is 4.98 Å². The van der Waals surface area contributed by atoms with E-state index in [1.807, 2.05) is 20.8 Å². The van der Waals surface area contributed by atoms with Gasteiger partial charge in [-0.3, -0.25) is 4.90 Å². The van der Waals surface area contributed by atoms with Crippen LogP contribution in [-0.2, 0) is 18.1 Å². The van der Waals surface area contributed by atoms with Gasteiger partial charge in [-0.05, 0) is 25.9 Å². The first-order valence-corrected chi connectivity index (χ1v) is 7.79. The lowest BCUT2D eigenvalue weighted by Crippen LogP contribution is -2.29. The highest BCUT2D eigenvalue weighted by molar-refractivity contribution is 7.11. The van der Waals surface area contributed by atoms with Crippen molar-refractivity contribution >= 4 is 11.3 Å². The third kappa shape index (κ3) is 3.73. The lowest BCUT2D eigenvalue weighted by molar-refractivity contribution is -0.137. The summed E-state index contributed by atoms with van der Waals surface area (Å²) in [5.41, 5.74) is 0.242. The summed E-state index contributed by atoms with van der Waals surface area (Å²) in [6.45, 7) is 8.30. The normalized spacial score (nSPS) is 18.5. The molecule has 0 aromatic carbocycles. The van der Waals surface area contributed by atoms with E-state index >= 15 is 0 Å². The number of halogens is 3. The van der Waals surface area contributed by atoms with Gasteiger partial charge in [-0.2, -0.15) is 13.2 Å². The minimum absolute atomic E-state index is 0.356. The van der Waals surface area contributed by atoms with E-state index < -0.39 is 11.2 Å². The Hall–Kier alpha value is -0.620. The van der Waals surface area contributed by atoms with E-state index in [1.54, 1.807) is 0 Å². The van der Waals surface area contributed by atoms with Crippen molar-refractivity contribution in [1.82, 2.24) is 9.88 Å². The van der Waals surface area contributed by atoms with Crippen LogP contribution in [0.2, 0.25) is 0 Å². The van der Waals surface area contributed by atoms with E-state index in [1.165, 1.54) is 6.42 Å². The molecule has 1 aliphatic heterocycles. The summed E-state index contributed by atoms with van der Waals surface area (Å²) < 4.78 is 38.6. The molecule has 114 valence electrons. The minimum atomic E-state index is -4.34. The Morgan fingerprint density at radius 3 is 2.20 bits per heavy atom. The minimum Gasteiger partial charge on any atom is -0.298 e. The van der Waals surface area contributed by atoms with Crippen LogP contribution in [0.1, 0.15) is 55.6 Å². The zero-order valence-corrected chi connectivity index (χ0v) is 13.0. The average molecular weight is 306 g/mol. The molecule has 1 aliphatic rings. The maximum absolute atomic E-state index is 12.9. The smallest absolute Gasteiger partial charge is 0.298 e. The van der Waals surface area contributed by atoms with Gasteiger partial charge in [-0.1, -0.05) is 27.2 Å². The summed E-state index contributed by atoms with van der Waals surface area (Å²) >= 11 is 0.809. The molecule has 2 heterocycles. The Balaban J connectivity index is 2.27. The number of hydrogen-bond acceptors (Lipinski definition) is 3. The van der Waals surface area contributed by atoms with E-state index in [-0.39, 0.29) is 5.41 Å². The van der Waals surface area contributed by atoms with Crippen LogP contribution in [0.4, 0.5) is 13.2 Å². The van der Waals surface area contributed by atoms with Crippen LogP contribution < -0.4 is 0 Å². The van der Waals surface area contributed by atoms with Crippen LogP contribution in [0, 0.1) is 0 Å². The largest absolute Gasteiger partial charge is 0.443 e. The highest BCUT2D eigenvalue weighted by atomic mass is 32.1. The third-order valence-electron chi connectivity index (χ3n) is 3.47.